The monoisotopic (exact) mass is 319 g/mol. The zero-order valence-electron chi connectivity index (χ0n) is 12.4. The molecule has 1 saturated carbocycles. The third-order valence-electron chi connectivity index (χ3n) is 3.80. The Morgan fingerprint density at radius 3 is 2.86 bits per heavy atom. The van der Waals surface area contributed by atoms with E-state index in [1.165, 1.54) is 37.0 Å². The lowest BCUT2D eigenvalue weighted by Gasteiger charge is -2.16. The third-order valence-corrected chi connectivity index (χ3v) is 5.54. The van der Waals surface area contributed by atoms with Crippen LogP contribution in [0.25, 0.3) is 10.6 Å². The molecule has 1 fully saturated rings. The van der Waals surface area contributed by atoms with Gasteiger partial charge in [0.15, 0.2) is 0 Å². The van der Waals surface area contributed by atoms with Crippen LogP contribution in [-0.2, 0) is 0 Å². The molecule has 0 unspecified atom stereocenters. The molecule has 0 aliphatic heterocycles. The van der Waals surface area contributed by atoms with Gasteiger partial charge in [-0.15, -0.1) is 22.7 Å². The Morgan fingerprint density at radius 1 is 1.29 bits per heavy atom. The van der Waals surface area contributed by atoms with Gasteiger partial charge in [0.25, 0.3) is 0 Å². The zero-order valence-corrected chi connectivity index (χ0v) is 14.0. The largest absolute Gasteiger partial charge is 0.258 e. The smallest absolute Gasteiger partial charge is 0.206 e. The maximum absolute atomic E-state index is 4.78. The molecule has 0 saturated heterocycles. The van der Waals surface area contributed by atoms with E-state index in [4.69, 9.17) is 5.10 Å². The molecule has 1 aliphatic carbocycles. The van der Waals surface area contributed by atoms with Crippen LogP contribution in [0.4, 0.5) is 0 Å². The van der Waals surface area contributed by atoms with Crippen molar-refractivity contribution < 1.29 is 0 Å². The van der Waals surface area contributed by atoms with E-state index in [1.54, 1.807) is 22.7 Å². The molecule has 3 rings (SSSR count). The van der Waals surface area contributed by atoms with Crippen molar-refractivity contribution in [2.75, 3.05) is 6.54 Å². The summed E-state index contributed by atoms with van der Waals surface area (Å²) in [7, 11) is 0. The Kier molecular flexibility index (Phi) is 5.04. The van der Waals surface area contributed by atoms with Gasteiger partial charge in [0.05, 0.1) is 10.6 Å². The van der Waals surface area contributed by atoms with E-state index in [0.717, 1.165) is 17.0 Å². The second-order valence-electron chi connectivity index (χ2n) is 5.33. The van der Waals surface area contributed by atoms with Crippen molar-refractivity contribution in [3.8, 4) is 10.6 Å². The molecular formula is C16H21N3S2. The predicted octanol–water partition coefficient (Wildman–Crippen LogP) is 4.61. The van der Waals surface area contributed by atoms with Crippen LogP contribution in [0.15, 0.2) is 33.0 Å². The first-order valence-corrected chi connectivity index (χ1v) is 9.44. The summed E-state index contributed by atoms with van der Waals surface area (Å²) >= 11 is 3.43. The number of nitrogens with zero attached hydrogens (tertiary/aromatic N) is 3. The molecule has 0 spiro atoms. The second-order valence-corrected chi connectivity index (χ2v) is 7.11. The summed E-state index contributed by atoms with van der Waals surface area (Å²) in [6.07, 6.45) is 8.78. The number of rotatable bonds is 4. The summed E-state index contributed by atoms with van der Waals surface area (Å²) in [5.74, 6) is 0.636. The Bertz CT molecular complexity index is 643. The van der Waals surface area contributed by atoms with Gasteiger partial charge in [-0.05, 0) is 37.1 Å². The molecule has 0 N–H and O–H groups in total. The van der Waals surface area contributed by atoms with E-state index in [-0.39, 0.29) is 0 Å². The minimum atomic E-state index is 0.636. The molecule has 5 heteroatoms. The fourth-order valence-electron chi connectivity index (χ4n) is 2.69. The number of aromatic nitrogens is 1. The lowest BCUT2D eigenvalue weighted by Crippen LogP contribution is -2.14. The van der Waals surface area contributed by atoms with E-state index in [9.17, 15) is 0 Å². The van der Waals surface area contributed by atoms with Gasteiger partial charge in [-0.3, -0.25) is 4.99 Å². The van der Waals surface area contributed by atoms with Crippen molar-refractivity contribution in [1.82, 2.24) is 4.68 Å². The van der Waals surface area contributed by atoms with Crippen molar-refractivity contribution in [2.24, 2.45) is 16.0 Å². The summed E-state index contributed by atoms with van der Waals surface area (Å²) in [6.45, 7) is 2.86. The first-order chi connectivity index (χ1) is 10.4. The van der Waals surface area contributed by atoms with E-state index in [0.29, 0.717) is 5.92 Å². The van der Waals surface area contributed by atoms with Crippen LogP contribution < -0.4 is 4.80 Å². The number of thiophene rings is 1. The first-order valence-electron chi connectivity index (χ1n) is 7.68. The quantitative estimate of drug-likeness (QED) is 0.737. The Labute approximate surface area is 133 Å². The fraction of sp³-hybridized carbons (Fsp3) is 0.500. The van der Waals surface area contributed by atoms with Gasteiger partial charge in [-0.2, -0.15) is 5.10 Å². The standard InChI is InChI=1S/C16H21N3S2/c1-2-17-16-19(18-11-13-7-4-3-5-8-13)14(12-21-16)15-9-6-10-20-15/h6,9-13H,2-5,7-8H2,1H3. The van der Waals surface area contributed by atoms with E-state index < -0.39 is 0 Å². The van der Waals surface area contributed by atoms with Crippen LogP contribution in [0.5, 0.6) is 0 Å². The number of hydrogen-bond donors (Lipinski definition) is 0. The molecule has 112 valence electrons. The van der Waals surface area contributed by atoms with Crippen molar-refractivity contribution in [3.05, 3.63) is 27.7 Å². The van der Waals surface area contributed by atoms with Crippen molar-refractivity contribution in [1.29, 1.82) is 0 Å². The molecule has 0 bridgehead atoms. The van der Waals surface area contributed by atoms with Crippen LogP contribution in [0.1, 0.15) is 39.0 Å². The maximum Gasteiger partial charge on any atom is 0.206 e. The Morgan fingerprint density at radius 2 is 2.14 bits per heavy atom. The molecule has 0 radical (unpaired) electrons. The van der Waals surface area contributed by atoms with Gasteiger partial charge >= 0.3 is 0 Å². The number of hydrogen-bond acceptors (Lipinski definition) is 4. The molecule has 3 nitrogen and oxygen atoms in total. The predicted molar refractivity (Wildman–Crippen MR) is 92.2 cm³/mol. The van der Waals surface area contributed by atoms with E-state index in [2.05, 4.69) is 41.0 Å². The highest BCUT2D eigenvalue weighted by molar-refractivity contribution is 7.14. The topological polar surface area (TPSA) is 29.6 Å². The highest BCUT2D eigenvalue weighted by Gasteiger charge is 2.12. The fourth-order valence-corrected chi connectivity index (χ4v) is 4.39. The molecule has 2 heterocycles. The van der Waals surface area contributed by atoms with Gasteiger partial charge in [0.1, 0.15) is 0 Å². The molecule has 0 amide bonds. The summed E-state index contributed by atoms with van der Waals surface area (Å²) < 4.78 is 2.02. The maximum atomic E-state index is 4.78. The zero-order chi connectivity index (χ0) is 14.5. The van der Waals surface area contributed by atoms with Crippen LogP contribution >= 0.6 is 22.7 Å². The molecular weight excluding hydrogens is 298 g/mol. The molecule has 21 heavy (non-hydrogen) atoms. The lowest BCUT2D eigenvalue weighted by atomic mass is 9.90. The third kappa shape index (κ3) is 3.52. The first kappa shape index (κ1) is 14.7. The van der Waals surface area contributed by atoms with Gasteiger partial charge in [-0.1, -0.05) is 25.3 Å². The average molecular weight is 319 g/mol. The Balaban J connectivity index is 1.93. The highest BCUT2D eigenvalue weighted by Crippen LogP contribution is 2.26. The van der Waals surface area contributed by atoms with Crippen LogP contribution in [-0.4, -0.2) is 17.4 Å². The summed E-state index contributed by atoms with van der Waals surface area (Å²) in [6, 6.07) is 4.23. The summed E-state index contributed by atoms with van der Waals surface area (Å²) in [5, 5.41) is 9.05. The van der Waals surface area contributed by atoms with Crippen LogP contribution in [0.3, 0.4) is 0 Å². The number of thiazole rings is 1. The van der Waals surface area contributed by atoms with Gasteiger partial charge in [0, 0.05) is 18.1 Å². The van der Waals surface area contributed by atoms with Gasteiger partial charge in [0.2, 0.25) is 4.80 Å². The van der Waals surface area contributed by atoms with E-state index >= 15 is 0 Å². The minimum Gasteiger partial charge on any atom is -0.258 e. The van der Waals surface area contributed by atoms with Gasteiger partial charge < -0.3 is 0 Å². The Hall–Kier alpha value is -1.20. The van der Waals surface area contributed by atoms with E-state index in [1.807, 2.05) is 4.68 Å². The minimum absolute atomic E-state index is 0.636. The van der Waals surface area contributed by atoms with Crippen LogP contribution in [0.2, 0.25) is 0 Å². The highest BCUT2D eigenvalue weighted by atomic mass is 32.1. The summed E-state index contributed by atoms with van der Waals surface area (Å²) in [4.78, 5) is 6.82. The van der Waals surface area contributed by atoms with Crippen molar-refractivity contribution in [2.45, 2.75) is 39.0 Å². The lowest BCUT2D eigenvalue weighted by molar-refractivity contribution is 0.443. The van der Waals surface area contributed by atoms with Gasteiger partial charge in [-0.25, -0.2) is 4.68 Å². The molecule has 2 aromatic rings. The molecule has 2 aromatic heterocycles. The molecule has 0 aromatic carbocycles. The summed E-state index contributed by atoms with van der Waals surface area (Å²) in [5.41, 5.74) is 1.16. The molecule has 0 atom stereocenters. The average Bonchev–Trinajstić information content (AvgIpc) is 3.16. The van der Waals surface area contributed by atoms with Crippen LogP contribution in [0, 0.1) is 5.92 Å². The molecule has 1 aliphatic rings. The normalized spacial score (nSPS) is 17.9. The van der Waals surface area contributed by atoms with Crippen molar-refractivity contribution in [3.63, 3.8) is 0 Å². The second kappa shape index (κ2) is 7.18. The van der Waals surface area contributed by atoms with Crippen molar-refractivity contribution >= 4 is 28.9 Å². The SMILES string of the molecule is CCN=c1scc(-c2cccs2)n1N=CC1CCCCC1.